The standard InChI is InChI=1S/C14H20N2O3/c1-18-12-5-2-10(9-16-11-3-4-11)13(8-12)19-7-6-14(15)17/h2,5,8,11,16H,3-4,6-7,9H2,1H3,(H2,15,17). The van der Waals surface area contributed by atoms with Crippen LogP contribution in [0.4, 0.5) is 0 Å². The molecule has 0 aliphatic heterocycles. The molecule has 0 radical (unpaired) electrons. The topological polar surface area (TPSA) is 73.6 Å². The Bertz CT molecular complexity index is 444. The summed E-state index contributed by atoms with van der Waals surface area (Å²) in [5.74, 6) is 1.12. The molecule has 0 heterocycles. The number of nitrogens with two attached hydrogens (primary N) is 1. The van der Waals surface area contributed by atoms with Gasteiger partial charge in [-0.05, 0) is 18.9 Å². The van der Waals surface area contributed by atoms with Gasteiger partial charge in [0.25, 0.3) is 0 Å². The number of methoxy groups -OCH3 is 1. The number of hydrogen-bond acceptors (Lipinski definition) is 4. The van der Waals surface area contributed by atoms with Gasteiger partial charge in [0.1, 0.15) is 11.5 Å². The van der Waals surface area contributed by atoms with E-state index in [9.17, 15) is 4.79 Å². The maximum Gasteiger partial charge on any atom is 0.220 e. The van der Waals surface area contributed by atoms with Gasteiger partial charge in [-0.2, -0.15) is 0 Å². The summed E-state index contributed by atoms with van der Waals surface area (Å²) < 4.78 is 10.8. The first-order valence-electron chi connectivity index (χ1n) is 6.50. The SMILES string of the molecule is COc1ccc(CNC2CC2)c(OCCC(N)=O)c1. The molecule has 5 nitrogen and oxygen atoms in total. The highest BCUT2D eigenvalue weighted by molar-refractivity contribution is 5.73. The Morgan fingerprint density at radius 3 is 2.89 bits per heavy atom. The maximum atomic E-state index is 10.7. The van der Waals surface area contributed by atoms with E-state index in [-0.39, 0.29) is 12.3 Å². The second-order valence-corrected chi connectivity index (χ2v) is 4.69. The van der Waals surface area contributed by atoms with Gasteiger partial charge in [-0.3, -0.25) is 4.79 Å². The van der Waals surface area contributed by atoms with Crippen molar-refractivity contribution in [1.82, 2.24) is 5.32 Å². The first-order valence-corrected chi connectivity index (χ1v) is 6.50. The molecule has 3 N–H and O–H groups in total. The lowest BCUT2D eigenvalue weighted by Crippen LogP contribution is -2.17. The van der Waals surface area contributed by atoms with Gasteiger partial charge >= 0.3 is 0 Å². The lowest BCUT2D eigenvalue weighted by Gasteiger charge is -2.13. The molecule has 1 aromatic carbocycles. The fraction of sp³-hybridized carbons (Fsp3) is 0.500. The second kappa shape index (κ2) is 6.43. The highest BCUT2D eigenvalue weighted by Gasteiger charge is 2.20. The van der Waals surface area contributed by atoms with Gasteiger partial charge in [0.05, 0.1) is 20.1 Å². The molecule has 104 valence electrons. The molecule has 0 spiro atoms. The summed E-state index contributed by atoms with van der Waals surface area (Å²) in [5.41, 5.74) is 6.17. The molecular formula is C14H20N2O3. The monoisotopic (exact) mass is 264 g/mol. The zero-order valence-corrected chi connectivity index (χ0v) is 11.1. The van der Waals surface area contributed by atoms with Gasteiger partial charge in [0.2, 0.25) is 5.91 Å². The minimum Gasteiger partial charge on any atom is -0.497 e. The van der Waals surface area contributed by atoms with Crippen molar-refractivity contribution in [3.63, 3.8) is 0 Å². The Kier molecular flexibility index (Phi) is 4.63. The number of carbonyl (C=O) groups excluding carboxylic acids is 1. The van der Waals surface area contributed by atoms with Crippen LogP contribution in [0.3, 0.4) is 0 Å². The molecule has 1 aliphatic rings. The van der Waals surface area contributed by atoms with Crippen LogP contribution in [0.25, 0.3) is 0 Å². The van der Waals surface area contributed by atoms with Gasteiger partial charge < -0.3 is 20.5 Å². The number of carbonyl (C=O) groups is 1. The summed E-state index contributed by atoms with van der Waals surface area (Å²) in [6, 6.07) is 6.37. The summed E-state index contributed by atoms with van der Waals surface area (Å²) >= 11 is 0. The second-order valence-electron chi connectivity index (χ2n) is 4.69. The number of nitrogens with one attached hydrogen (secondary N) is 1. The van der Waals surface area contributed by atoms with Gasteiger partial charge in [0, 0.05) is 24.2 Å². The van der Waals surface area contributed by atoms with Crippen molar-refractivity contribution in [2.45, 2.75) is 31.8 Å². The molecule has 1 saturated carbocycles. The molecule has 1 aromatic rings. The number of hydrogen-bond donors (Lipinski definition) is 2. The van der Waals surface area contributed by atoms with Crippen LogP contribution in [0.15, 0.2) is 18.2 Å². The van der Waals surface area contributed by atoms with Crippen LogP contribution in [0.5, 0.6) is 11.5 Å². The van der Waals surface area contributed by atoms with E-state index in [0.717, 1.165) is 23.6 Å². The van der Waals surface area contributed by atoms with E-state index in [1.54, 1.807) is 7.11 Å². The zero-order chi connectivity index (χ0) is 13.7. The van der Waals surface area contributed by atoms with Crippen molar-refractivity contribution in [2.75, 3.05) is 13.7 Å². The molecule has 1 aliphatic carbocycles. The Balaban J connectivity index is 1.99. The van der Waals surface area contributed by atoms with Crippen LogP contribution in [0.2, 0.25) is 0 Å². The predicted molar refractivity (Wildman–Crippen MR) is 72.2 cm³/mol. The van der Waals surface area contributed by atoms with Gasteiger partial charge in [0.15, 0.2) is 0 Å². The Morgan fingerprint density at radius 1 is 1.47 bits per heavy atom. The minimum atomic E-state index is -0.361. The maximum absolute atomic E-state index is 10.7. The van der Waals surface area contributed by atoms with Crippen LogP contribution >= 0.6 is 0 Å². The molecule has 0 aromatic heterocycles. The van der Waals surface area contributed by atoms with E-state index in [0.29, 0.717) is 12.6 Å². The summed E-state index contributed by atoms with van der Waals surface area (Å²) in [5, 5.41) is 3.44. The van der Waals surface area contributed by atoms with Crippen LogP contribution in [0, 0.1) is 0 Å². The van der Waals surface area contributed by atoms with E-state index >= 15 is 0 Å². The van der Waals surface area contributed by atoms with Gasteiger partial charge in [-0.15, -0.1) is 0 Å². The Labute approximate surface area is 113 Å². The minimum absolute atomic E-state index is 0.215. The third-order valence-electron chi connectivity index (χ3n) is 3.04. The normalized spacial score (nSPS) is 14.2. The lowest BCUT2D eigenvalue weighted by molar-refractivity contribution is -0.118. The molecule has 1 amide bonds. The number of rotatable bonds is 8. The first kappa shape index (κ1) is 13.7. The number of primary amides is 1. The zero-order valence-electron chi connectivity index (χ0n) is 11.1. The van der Waals surface area contributed by atoms with Crippen LogP contribution in [-0.2, 0) is 11.3 Å². The Hall–Kier alpha value is -1.75. The van der Waals surface area contributed by atoms with E-state index in [1.165, 1.54) is 12.8 Å². The highest BCUT2D eigenvalue weighted by atomic mass is 16.5. The average molecular weight is 264 g/mol. The smallest absolute Gasteiger partial charge is 0.220 e. The Morgan fingerprint density at radius 2 is 2.26 bits per heavy atom. The molecular weight excluding hydrogens is 244 g/mol. The fourth-order valence-electron chi connectivity index (χ4n) is 1.75. The van der Waals surface area contributed by atoms with E-state index in [2.05, 4.69) is 5.32 Å². The van der Waals surface area contributed by atoms with Crippen molar-refractivity contribution in [1.29, 1.82) is 0 Å². The van der Waals surface area contributed by atoms with E-state index < -0.39 is 0 Å². The van der Waals surface area contributed by atoms with Gasteiger partial charge in [-0.1, -0.05) is 6.07 Å². The van der Waals surface area contributed by atoms with Crippen LogP contribution in [0.1, 0.15) is 24.8 Å². The summed E-state index contributed by atoms with van der Waals surface area (Å²) in [4.78, 5) is 10.7. The van der Waals surface area contributed by atoms with Crippen molar-refractivity contribution in [3.8, 4) is 11.5 Å². The largest absolute Gasteiger partial charge is 0.497 e. The number of amides is 1. The lowest BCUT2D eigenvalue weighted by atomic mass is 10.2. The fourth-order valence-corrected chi connectivity index (χ4v) is 1.75. The third-order valence-corrected chi connectivity index (χ3v) is 3.04. The highest BCUT2D eigenvalue weighted by Crippen LogP contribution is 2.26. The van der Waals surface area contributed by atoms with E-state index in [1.807, 2.05) is 18.2 Å². The van der Waals surface area contributed by atoms with Crippen molar-refractivity contribution in [3.05, 3.63) is 23.8 Å². The van der Waals surface area contributed by atoms with Gasteiger partial charge in [-0.25, -0.2) is 0 Å². The van der Waals surface area contributed by atoms with E-state index in [4.69, 9.17) is 15.2 Å². The third kappa shape index (κ3) is 4.44. The summed E-state index contributed by atoms with van der Waals surface area (Å²) in [6.45, 7) is 1.06. The first-order chi connectivity index (χ1) is 9.19. The average Bonchev–Trinajstić information content (AvgIpc) is 3.20. The molecule has 0 saturated heterocycles. The molecule has 0 unspecified atom stereocenters. The molecule has 2 rings (SSSR count). The van der Waals surface area contributed by atoms with Crippen molar-refractivity contribution < 1.29 is 14.3 Å². The molecule has 5 heteroatoms. The molecule has 0 bridgehead atoms. The predicted octanol–water partition coefficient (Wildman–Crippen LogP) is 1.20. The van der Waals surface area contributed by atoms with Crippen LogP contribution in [-0.4, -0.2) is 25.7 Å². The van der Waals surface area contributed by atoms with Crippen molar-refractivity contribution >= 4 is 5.91 Å². The quantitative estimate of drug-likeness (QED) is 0.740. The van der Waals surface area contributed by atoms with Crippen molar-refractivity contribution in [2.24, 2.45) is 5.73 Å². The molecule has 19 heavy (non-hydrogen) atoms. The summed E-state index contributed by atoms with van der Waals surface area (Å²) in [7, 11) is 1.62. The molecule has 0 atom stereocenters. The summed E-state index contributed by atoms with van der Waals surface area (Å²) in [6.07, 6.45) is 2.70. The number of ether oxygens (including phenoxy) is 2. The molecule has 1 fully saturated rings. The number of benzene rings is 1. The van der Waals surface area contributed by atoms with Crippen LogP contribution < -0.4 is 20.5 Å².